The highest BCUT2D eigenvalue weighted by atomic mass is 16.5. The van der Waals surface area contributed by atoms with Gasteiger partial charge in [0.1, 0.15) is 5.58 Å². The summed E-state index contributed by atoms with van der Waals surface area (Å²) in [5.41, 5.74) is 12.4. The molecule has 2 aromatic heterocycles. The van der Waals surface area contributed by atoms with E-state index in [1.807, 2.05) is 30.2 Å². The summed E-state index contributed by atoms with van der Waals surface area (Å²) in [5, 5.41) is 2.30. The van der Waals surface area contributed by atoms with Gasteiger partial charge in [0.15, 0.2) is 5.76 Å². The van der Waals surface area contributed by atoms with Gasteiger partial charge < -0.3 is 29.3 Å². The van der Waals surface area contributed by atoms with Crippen LogP contribution in [-0.4, -0.2) is 60.8 Å². The molecule has 40 heavy (non-hydrogen) atoms. The highest BCUT2D eigenvalue weighted by Gasteiger charge is 2.28. The molecule has 3 fully saturated rings. The van der Waals surface area contributed by atoms with Crippen LogP contribution in [0.4, 0.5) is 5.69 Å². The van der Waals surface area contributed by atoms with Crippen molar-refractivity contribution in [1.29, 1.82) is 0 Å². The third-order valence-electron chi connectivity index (χ3n) is 9.33. The van der Waals surface area contributed by atoms with Gasteiger partial charge in [-0.15, -0.1) is 0 Å². The number of ether oxygens (including phenoxy) is 1. The second kappa shape index (κ2) is 10.3. The van der Waals surface area contributed by atoms with E-state index in [2.05, 4.69) is 40.7 Å². The number of amides is 1. The highest BCUT2D eigenvalue weighted by Crippen LogP contribution is 2.40. The molecule has 7 nitrogen and oxygen atoms in total. The monoisotopic (exact) mass is 540 g/mol. The SMILES string of the molecule is COC1CCN(c2ccc3cc(-c4oc5cc(C(=O)N6CCCC(N)C6)ccc5c4C)n(CC4CC4)c3c2)CC1. The van der Waals surface area contributed by atoms with E-state index in [4.69, 9.17) is 14.9 Å². The van der Waals surface area contributed by atoms with Crippen LogP contribution < -0.4 is 10.6 Å². The van der Waals surface area contributed by atoms with Crippen molar-refractivity contribution >= 4 is 33.5 Å². The van der Waals surface area contributed by atoms with Crippen LogP contribution in [0.1, 0.15) is 54.4 Å². The quantitative estimate of drug-likeness (QED) is 0.327. The Hall–Kier alpha value is -3.29. The number of hydrogen-bond acceptors (Lipinski definition) is 5. The number of fused-ring (bicyclic) bond motifs is 2. The molecule has 0 spiro atoms. The number of aryl methyl sites for hydroxylation is 1. The lowest BCUT2D eigenvalue weighted by Gasteiger charge is -2.33. The number of carbonyl (C=O) groups is 1. The first kappa shape index (κ1) is 25.7. The Kier molecular flexibility index (Phi) is 6.59. The van der Waals surface area contributed by atoms with E-state index in [0.717, 1.165) is 85.8 Å². The predicted octanol–water partition coefficient (Wildman–Crippen LogP) is 5.95. The fourth-order valence-electron chi connectivity index (χ4n) is 6.71. The molecular formula is C33H40N4O3. The summed E-state index contributed by atoms with van der Waals surface area (Å²) >= 11 is 0. The van der Waals surface area contributed by atoms with Crippen molar-refractivity contribution in [3.8, 4) is 11.5 Å². The van der Waals surface area contributed by atoms with Crippen LogP contribution >= 0.6 is 0 Å². The number of benzene rings is 2. The van der Waals surface area contributed by atoms with E-state index >= 15 is 0 Å². The highest BCUT2D eigenvalue weighted by molar-refractivity contribution is 5.99. The number of carbonyl (C=O) groups excluding carboxylic acids is 1. The Morgan fingerprint density at radius 1 is 1.02 bits per heavy atom. The zero-order chi connectivity index (χ0) is 27.4. The average Bonchev–Trinajstić information content (AvgIpc) is 3.66. The van der Waals surface area contributed by atoms with Gasteiger partial charge in [-0.2, -0.15) is 0 Å². The smallest absolute Gasteiger partial charge is 0.254 e. The Morgan fingerprint density at radius 2 is 1.85 bits per heavy atom. The number of nitrogens with zero attached hydrogens (tertiary/aromatic N) is 3. The molecule has 0 radical (unpaired) electrons. The maximum absolute atomic E-state index is 13.3. The minimum atomic E-state index is 0.0394. The number of rotatable bonds is 6. The molecule has 2 aromatic carbocycles. The Morgan fingerprint density at radius 3 is 2.60 bits per heavy atom. The minimum absolute atomic E-state index is 0.0394. The topological polar surface area (TPSA) is 76.9 Å². The van der Waals surface area contributed by atoms with Crippen molar-refractivity contribution in [2.75, 3.05) is 38.2 Å². The van der Waals surface area contributed by atoms with E-state index in [-0.39, 0.29) is 11.9 Å². The van der Waals surface area contributed by atoms with Crippen molar-refractivity contribution in [2.24, 2.45) is 11.7 Å². The second-order valence-electron chi connectivity index (χ2n) is 12.2. The van der Waals surface area contributed by atoms with E-state index < -0.39 is 0 Å². The molecule has 7 rings (SSSR count). The predicted molar refractivity (Wildman–Crippen MR) is 160 cm³/mol. The van der Waals surface area contributed by atoms with Gasteiger partial charge in [-0.25, -0.2) is 0 Å². The lowest BCUT2D eigenvalue weighted by molar-refractivity contribution is 0.0709. The summed E-state index contributed by atoms with van der Waals surface area (Å²) in [5.74, 6) is 1.66. The molecule has 210 valence electrons. The van der Waals surface area contributed by atoms with Gasteiger partial charge in [-0.1, -0.05) is 12.1 Å². The number of hydrogen-bond donors (Lipinski definition) is 1. The van der Waals surface area contributed by atoms with Crippen molar-refractivity contribution in [3.05, 3.63) is 53.6 Å². The first-order chi connectivity index (χ1) is 19.5. The summed E-state index contributed by atoms with van der Waals surface area (Å²) in [6.45, 7) is 6.56. The summed E-state index contributed by atoms with van der Waals surface area (Å²) < 4.78 is 14.7. The number of anilines is 1. The first-order valence-corrected chi connectivity index (χ1v) is 15.0. The number of piperidine rings is 2. The fourth-order valence-corrected chi connectivity index (χ4v) is 6.71. The number of nitrogens with two attached hydrogens (primary N) is 1. The van der Waals surface area contributed by atoms with Gasteiger partial charge in [0.2, 0.25) is 0 Å². The third kappa shape index (κ3) is 4.69. The zero-order valence-corrected chi connectivity index (χ0v) is 23.7. The van der Waals surface area contributed by atoms with E-state index in [1.165, 1.54) is 29.4 Å². The normalized spacial score (nSPS) is 20.6. The van der Waals surface area contributed by atoms with Gasteiger partial charge >= 0.3 is 0 Å². The van der Waals surface area contributed by atoms with Gasteiger partial charge in [0, 0.05) is 73.5 Å². The lowest BCUT2D eigenvalue weighted by Crippen LogP contribution is -2.45. The van der Waals surface area contributed by atoms with Crippen LogP contribution in [0.3, 0.4) is 0 Å². The number of furan rings is 1. The Labute approximate surface area is 235 Å². The van der Waals surface area contributed by atoms with Gasteiger partial charge in [0.25, 0.3) is 5.91 Å². The average molecular weight is 541 g/mol. The molecule has 7 heteroatoms. The number of aromatic nitrogens is 1. The van der Waals surface area contributed by atoms with Crippen molar-refractivity contribution < 1.29 is 13.9 Å². The molecule has 4 aromatic rings. The molecule has 1 atom stereocenters. The van der Waals surface area contributed by atoms with E-state index in [9.17, 15) is 4.79 Å². The summed E-state index contributed by atoms with van der Waals surface area (Å²) in [6.07, 6.45) is 7.01. The largest absolute Gasteiger partial charge is 0.454 e. The summed E-state index contributed by atoms with van der Waals surface area (Å²) in [6, 6.07) is 15.1. The summed E-state index contributed by atoms with van der Waals surface area (Å²) in [7, 11) is 1.82. The summed E-state index contributed by atoms with van der Waals surface area (Å²) in [4.78, 5) is 17.6. The van der Waals surface area contributed by atoms with Crippen LogP contribution in [0, 0.1) is 12.8 Å². The number of likely N-dealkylation sites (tertiary alicyclic amines) is 1. The molecule has 3 aliphatic rings. The van der Waals surface area contributed by atoms with Crippen LogP contribution in [0.2, 0.25) is 0 Å². The Bertz CT molecular complexity index is 1560. The van der Waals surface area contributed by atoms with Crippen LogP contribution in [0.15, 0.2) is 46.9 Å². The lowest BCUT2D eigenvalue weighted by atomic mass is 10.0. The fraction of sp³-hybridized carbons (Fsp3) is 0.485. The molecule has 0 bridgehead atoms. The first-order valence-electron chi connectivity index (χ1n) is 15.0. The molecule has 4 heterocycles. The van der Waals surface area contributed by atoms with Crippen molar-refractivity contribution in [1.82, 2.24) is 9.47 Å². The van der Waals surface area contributed by atoms with Crippen molar-refractivity contribution in [3.63, 3.8) is 0 Å². The second-order valence-corrected chi connectivity index (χ2v) is 12.2. The third-order valence-corrected chi connectivity index (χ3v) is 9.33. The van der Waals surface area contributed by atoms with Gasteiger partial charge in [0.05, 0.1) is 17.3 Å². The molecule has 1 saturated carbocycles. The van der Waals surface area contributed by atoms with Crippen LogP contribution in [0.5, 0.6) is 0 Å². The van der Waals surface area contributed by atoms with E-state index in [0.29, 0.717) is 18.2 Å². The molecule has 2 N–H and O–H groups in total. The maximum Gasteiger partial charge on any atom is 0.254 e. The minimum Gasteiger partial charge on any atom is -0.454 e. The molecule has 2 saturated heterocycles. The number of methoxy groups -OCH3 is 1. The molecule has 2 aliphatic heterocycles. The zero-order valence-electron chi connectivity index (χ0n) is 23.7. The van der Waals surface area contributed by atoms with Gasteiger partial charge in [-0.3, -0.25) is 4.79 Å². The van der Waals surface area contributed by atoms with E-state index in [1.54, 1.807) is 0 Å². The standard InChI is InChI=1S/C33H40N4O3/c1-21-28-10-8-24(33(38)36-13-3-4-25(34)20-36)17-31(28)40-32(21)30-16-23-7-9-26(35-14-11-27(39-2)12-15-35)18-29(23)37(30)19-22-5-6-22/h7-10,16-18,22,25,27H,3-6,11-15,19-20,34H2,1-2H3. The van der Waals surface area contributed by atoms with Crippen molar-refractivity contribution in [2.45, 2.75) is 64.1 Å². The molecule has 1 unspecified atom stereocenters. The Balaban J connectivity index is 1.25. The van der Waals surface area contributed by atoms with Gasteiger partial charge in [-0.05, 0) is 81.7 Å². The molecule has 1 aliphatic carbocycles. The molecule has 1 amide bonds. The maximum atomic E-state index is 13.3. The molecular weight excluding hydrogens is 500 g/mol. The van der Waals surface area contributed by atoms with Crippen LogP contribution in [0.25, 0.3) is 33.3 Å². The van der Waals surface area contributed by atoms with Crippen LogP contribution in [-0.2, 0) is 11.3 Å².